The van der Waals surface area contributed by atoms with E-state index in [-0.39, 0.29) is 70.0 Å². The van der Waals surface area contributed by atoms with Gasteiger partial charge in [-0.05, 0) is 85.2 Å². The van der Waals surface area contributed by atoms with Gasteiger partial charge >= 0.3 is 4.87 Å². The number of anilines is 2. The summed E-state index contributed by atoms with van der Waals surface area (Å²) in [6.45, 7) is 1.83. The fourth-order valence-corrected chi connectivity index (χ4v) is 11.0. The van der Waals surface area contributed by atoms with Gasteiger partial charge in [0.15, 0.2) is 6.61 Å². The number of thiazole rings is 1. The minimum Gasteiger partial charge on any atom is -0.484 e. The summed E-state index contributed by atoms with van der Waals surface area (Å²) in [6, 6.07) is 22.1. The Kier molecular flexibility index (Phi) is 6.92. The van der Waals surface area contributed by atoms with Crippen LogP contribution in [0.2, 0.25) is 5.02 Å². The number of rotatable bonds is 6. The van der Waals surface area contributed by atoms with E-state index in [1.807, 2.05) is 55.5 Å². The number of halogens is 1. The SMILES string of the molecule is Cc1ccc(N2C(=O)[C@H]3[C@H]4C[C@@H]([C@@H]3C2=O)[C@@H]2[C@H](c3ccc(OCC(=O)Nc5ccc(Cl)cc5)cc3)c3sc(=O)[nH]c3S[C@H]42)cc1. The molecule has 0 unspecified atom stereocenters. The number of H-pyrrole nitrogens is 1. The number of carbonyl (C=O) groups is 3. The number of aromatic amines is 1. The van der Waals surface area contributed by atoms with E-state index >= 15 is 0 Å². The van der Waals surface area contributed by atoms with Gasteiger partial charge in [-0.15, -0.1) is 11.8 Å². The van der Waals surface area contributed by atoms with Gasteiger partial charge in [-0.1, -0.05) is 52.8 Å². The molecule has 0 radical (unpaired) electrons. The number of hydrogen-bond donors (Lipinski definition) is 2. The van der Waals surface area contributed by atoms with E-state index in [9.17, 15) is 19.2 Å². The molecule has 3 aromatic carbocycles. The fourth-order valence-electron chi connectivity index (χ4n) is 7.99. The number of nitrogens with one attached hydrogen (secondary N) is 2. The standard InChI is InChI=1S/C34H28ClN3O5S2/c1-16-2-10-20(11-3-16)38-32(40)27-22-14-23(28(27)33(38)41)29-26(22)25(30-31(44-29)37-34(42)45-30)17-4-12-21(13-5-17)43-15-24(39)36-19-8-6-18(35)7-9-19/h2-13,22-23,25-29H,14-15H2,1H3,(H,36,39)(H,37,42)/t22-,23-,25+,26-,27+,28+,29-/m1/s1. The highest BCUT2D eigenvalue weighted by Crippen LogP contribution is 2.68. The van der Waals surface area contributed by atoms with E-state index in [0.717, 1.165) is 27.5 Å². The number of benzene rings is 3. The van der Waals surface area contributed by atoms with Gasteiger partial charge in [0.05, 0.1) is 22.5 Å². The molecule has 3 fully saturated rings. The summed E-state index contributed by atoms with van der Waals surface area (Å²) >= 11 is 8.82. The highest BCUT2D eigenvalue weighted by Gasteiger charge is 2.69. The molecule has 7 atom stereocenters. The second-order valence-electron chi connectivity index (χ2n) is 12.2. The maximum atomic E-state index is 13.9. The van der Waals surface area contributed by atoms with Gasteiger partial charge in [0.1, 0.15) is 5.75 Å². The van der Waals surface area contributed by atoms with Crippen molar-refractivity contribution in [3.05, 3.63) is 103 Å². The predicted octanol–water partition coefficient (Wildman–Crippen LogP) is 6.09. The summed E-state index contributed by atoms with van der Waals surface area (Å²) in [5, 5.41) is 4.35. The number of fused-ring (bicyclic) bond motifs is 9. The first-order valence-electron chi connectivity index (χ1n) is 14.9. The van der Waals surface area contributed by atoms with Gasteiger partial charge in [0, 0.05) is 26.8 Å². The van der Waals surface area contributed by atoms with Crippen molar-refractivity contribution in [3.8, 4) is 5.75 Å². The van der Waals surface area contributed by atoms with E-state index in [1.54, 1.807) is 36.0 Å². The van der Waals surface area contributed by atoms with Crippen molar-refractivity contribution >= 4 is 63.8 Å². The smallest absolute Gasteiger partial charge is 0.305 e. The number of carbonyl (C=O) groups excluding carboxylic acids is 3. The summed E-state index contributed by atoms with van der Waals surface area (Å²) in [5.74, 6) is -0.520. The van der Waals surface area contributed by atoms with E-state index in [2.05, 4.69) is 10.3 Å². The first-order chi connectivity index (χ1) is 21.8. The minimum absolute atomic E-state index is 0.0345. The molecule has 4 aromatic rings. The molecule has 11 heteroatoms. The van der Waals surface area contributed by atoms with E-state index < -0.39 is 0 Å². The molecule has 0 spiro atoms. The van der Waals surface area contributed by atoms with Crippen molar-refractivity contribution in [2.24, 2.45) is 29.6 Å². The van der Waals surface area contributed by atoms with E-state index in [0.29, 0.717) is 22.1 Å². The zero-order chi connectivity index (χ0) is 31.0. The van der Waals surface area contributed by atoms with Crippen molar-refractivity contribution in [2.45, 2.75) is 29.5 Å². The second-order valence-corrected chi connectivity index (χ2v) is 14.9. The maximum Gasteiger partial charge on any atom is 0.305 e. The third-order valence-electron chi connectivity index (χ3n) is 9.75. The van der Waals surface area contributed by atoms with Crippen LogP contribution in [0.5, 0.6) is 5.75 Å². The average Bonchev–Trinajstić information content (AvgIpc) is 3.77. The number of amides is 3. The topological polar surface area (TPSA) is 109 Å². The minimum atomic E-state index is -0.355. The van der Waals surface area contributed by atoms with Gasteiger partial charge in [0.25, 0.3) is 5.91 Å². The largest absolute Gasteiger partial charge is 0.484 e. The van der Waals surface area contributed by atoms with Crippen LogP contribution in [-0.4, -0.2) is 34.6 Å². The molecule has 45 heavy (non-hydrogen) atoms. The average molecular weight is 658 g/mol. The lowest BCUT2D eigenvalue weighted by atomic mass is 9.68. The summed E-state index contributed by atoms with van der Waals surface area (Å²) in [7, 11) is 0. The van der Waals surface area contributed by atoms with Gasteiger partial charge in [-0.3, -0.25) is 24.1 Å². The Morgan fingerprint density at radius 2 is 1.64 bits per heavy atom. The van der Waals surface area contributed by atoms with Crippen molar-refractivity contribution in [3.63, 3.8) is 0 Å². The Balaban J connectivity index is 1.05. The number of imide groups is 1. The number of ether oxygens (including phenoxy) is 1. The fraction of sp³-hybridized carbons (Fsp3) is 0.294. The first-order valence-corrected chi connectivity index (χ1v) is 17.0. The van der Waals surface area contributed by atoms with E-state index in [1.165, 1.54) is 16.2 Å². The quantitative estimate of drug-likeness (QED) is 0.243. The molecule has 1 saturated heterocycles. The van der Waals surface area contributed by atoms with Crippen LogP contribution in [0.3, 0.4) is 0 Å². The number of aromatic nitrogens is 1. The number of nitrogens with zero attached hydrogens (tertiary/aromatic N) is 1. The highest BCUT2D eigenvalue weighted by molar-refractivity contribution is 8.00. The number of thioether (sulfide) groups is 1. The molecule has 4 aliphatic rings. The molecule has 228 valence electrons. The van der Waals surface area contributed by atoms with Gasteiger partial charge in [-0.2, -0.15) is 0 Å². The van der Waals surface area contributed by atoms with Gasteiger partial charge < -0.3 is 15.0 Å². The van der Waals surface area contributed by atoms with Gasteiger partial charge in [0.2, 0.25) is 11.8 Å². The van der Waals surface area contributed by atoms with Crippen LogP contribution in [0.15, 0.2) is 82.6 Å². The third-order valence-corrected chi connectivity index (χ3v) is 12.6. The Morgan fingerprint density at radius 3 is 2.36 bits per heavy atom. The van der Waals surface area contributed by atoms with Crippen molar-refractivity contribution < 1.29 is 19.1 Å². The molecule has 2 aliphatic carbocycles. The first kappa shape index (κ1) is 28.6. The lowest BCUT2D eigenvalue weighted by molar-refractivity contribution is -0.123. The van der Waals surface area contributed by atoms with Crippen LogP contribution in [-0.2, 0) is 14.4 Å². The number of hydrogen-bond acceptors (Lipinski definition) is 7. The Morgan fingerprint density at radius 1 is 0.956 bits per heavy atom. The van der Waals surface area contributed by atoms with Crippen molar-refractivity contribution in [2.75, 3.05) is 16.8 Å². The summed E-state index contributed by atoms with van der Waals surface area (Å²) in [5.41, 5.74) is 3.36. The highest BCUT2D eigenvalue weighted by atomic mass is 35.5. The monoisotopic (exact) mass is 657 g/mol. The van der Waals surface area contributed by atoms with Crippen LogP contribution >= 0.6 is 34.7 Å². The summed E-state index contributed by atoms with van der Waals surface area (Å²) in [6.07, 6.45) is 0.830. The van der Waals surface area contributed by atoms with Crippen LogP contribution in [0, 0.1) is 36.5 Å². The lowest BCUT2D eigenvalue weighted by Crippen LogP contribution is -2.42. The Bertz CT molecular complexity index is 1890. The van der Waals surface area contributed by atoms with Crippen LogP contribution < -0.4 is 19.8 Å². The van der Waals surface area contributed by atoms with Gasteiger partial charge in [-0.25, -0.2) is 0 Å². The molecule has 2 N–H and O–H groups in total. The predicted molar refractivity (Wildman–Crippen MR) is 174 cm³/mol. The molecule has 8 nitrogen and oxygen atoms in total. The zero-order valence-electron chi connectivity index (χ0n) is 24.1. The molecule has 2 aliphatic heterocycles. The molecular formula is C34H28ClN3O5S2. The van der Waals surface area contributed by atoms with Crippen LogP contribution in [0.1, 0.15) is 28.3 Å². The molecule has 8 rings (SSSR count). The Hall–Kier alpha value is -3.86. The molecule has 2 saturated carbocycles. The summed E-state index contributed by atoms with van der Waals surface area (Å²) < 4.78 is 5.78. The number of aryl methyl sites for hydroxylation is 1. The van der Waals surface area contributed by atoms with Crippen molar-refractivity contribution in [1.29, 1.82) is 0 Å². The Labute approximate surface area is 272 Å². The van der Waals surface area contributed by atoms with Crippen molar-refractivity contribution in [1.82, 2.24) is 4.98 Å². The van der Waals surface area contributed by atoms with Crippen LogP contribution in [0.4, 0.5) is 11.4 Å². The molecule has 3 amide bonds. The second kappa shape index (κ2) is 10.9. The normalized spacial score (nSPS) is 27.7. The molecule has 2 bridgehead atoms. The molecule has 3 heterocycles. The molecular weight excluding hydrogens is 630 g/mol. The maximum absolute atomic E-state index is 13.9. The summed E-state index contributed by atoms with van der Waals surface area (Å²) in [4.78, 5) is 58.1. The third kappa shape index (κ3) is 4.73. The zero-order valence-corrected chi connectivity index (χ0v) is 26.5. The van der Waals surface area contributed by atoms with Crippen LogP contribution in [0.25, 0.3) is 0 Å². The van der Waals surface area contributed by atoms with E-state index in [4.69, 9.17) is 16.3 Å². The lowest BCUT2D eigenvalue weighted by Gasteiger charge is -2.43. The molecule has 1 aromatic heterocycles.